The minimum atomic E-state index is 0.703. The zero-order valence-electron chi connectivity index (χ0n) is 10.5. The molecular weight excluding hydrogens is 274 g/mol. The van der Waals surface area contributed by atoms with E-state index in [-0.39, 0.29) is 0 Å². The Morgan fingerprint density at radius 2 is 2.20 bits per heavy atom. The van der Waals surface area contributed by atoms with Gasteiger partial charge in [0.1, 0.15) is 17.1 Å². The molecule has 0 amide bonds. The third-order valence-corrected chi connectivity index (χ3v) is 4.00. The SMILES string of the molecule is COc1ccc2cc3c(nc2c1)Sc1nncn1N=C3. The fourth-order valence-electron chi connectivity index (χ4n) is 2.02. The van der Waals surface area contributed by atoms with Gasteiger partial charge in [-0.2, -0.15) is 9.78 Å². The third kappa shape index (κ3) is 1.75. The van der Waals surface area contributed by atoms with Crippen molar-refractivity contribution in [2.45, 2.75) is 10.2 Å². The van der Waals surface area contributed by atoms with Crippen LogP contribution in [-0.4, -0.2) is 33.2 Å². The lowest BCUT2D eigenvalue weighted by atomic mass is 10.1. The Balaban J connectivity index is 1.92. The van der Waals surface area contributed by atoms with Crippen LogP contribution in [0.4, 0.5) is 0 Å². The van der Waals surface area contributed by atoms with Crippen LogP contribution in [0.2, 0.25) is 0 Å². The molecule has 1 aliphatic heterocycles. The summed E-state index contributed by atoms with van der Waals surface area (Å²) < 4.78 is 6.87. The summed E-state index contributed by atoms with van der Waals surface area (Å²) in [5, 5.41) is 14.8. The molecule has 0 bridgehead atoms. The highest BCUT2D eigenvalue weighted by Crippen LogP contribution is 2.31. The monoisotopic (exact) mass is 283 g/mol. The van der Waals surface area contributed by atoms with Gasteiger partial charge in [-0.1, -0.05) is 0 Å². The summed E-state index contributed by atoms with van der Waals surface area (Å²) in [6, 6.07) is 7.90. The smallest absolute Gasteiger partial charge is 0.218 e. The first-order chi connectivity index (χ1) is 9.83. The van der Waals surface area contributed by atoms with E-state index in [4.69, 9.17) is 4.74 Å². The molecular formula is C13H9N5OS. The number of benzene rings is 1. The van der Waals surface area contributed by atoms with Gasteiger partial charge in [0, 0.05) is 17.0 Å². The van der Waals surface area contributed by atoms with Crippen LogP contribution in [0.15, 0.2) is 45.9 Å². The molecule has 0 N–H and O–H groups in total. The predicted octanol–water partition coefficient (Wildman–Crippen LogP) is 2.18. The van der Waals surface area contributed by atoms with Crippen molar-refractivity contribution in [3.05, 3.63) is 36.2 Å². The Hall–Kier alpha value is -2.41. The quantitative estimate of drug-likeness (QED) is 0.535. The minimum Gasteiger partial charge on any atom is -0.497 e. The minimum absolute atomic E-state index is 0.703. The molecule has 0 fully saturated rings. The summed E-state index contributed by atoms with van der Waals surface area (Å²) in [6.07, 6.45) is 3.35. The summed E-state index contributed by atoms with van der Waals surface area (Å²) in [4.78, 5) is 4.67. The van der Waals surface area contributed by atoms with Crippen LogP contribution >= 0.6 is 11.8 Å². The van der Waals surface area contributed by atoms with E-state index in [1.165, 1.54) is 11.8 Å². The first kappa shape index (κ1) is 11.4. The fraction of sp³-hybridized carbons (Fsp3) is 0.0769. The van der Waals surface area contributed by atoms with Crippen LogP contribution in [0, 0.1) is 0 Å². The van der Waals surface area contributed by atoms with Crippen LogP contribution in [-0.2, 0) is 0 Å². The first-order valence-electron chi connectivity index (χ1n) is 5.94. The van der Waals surface area contributed by atoms with E-state index in [2.05, 4.69) is 26.3 Å². The second-order valence-corrected chi connectivity index (χ2v) is 5.20. The van der Waals surface area contributed by atoms with E-state index >= 15 is 0 Å². The molecule has 0 saturated carbocycles. The van der Waals surface area contributed by atoms with Crippen molar-refractivity contribution in [2.75, 3.05) is 7.11 Å². The van der Waals surface area contributed by atoms with Crippen molar-refractivity contribution < 1.29 is 4.74 Å². The lowest BCUT2D eigenvalue weighted by Crippen LogP contribution is -1.92. The average Bonchev–Trinajstić information content (AvgIpc) is 2.85. The van der Waals surface area contributed by atoms with E-state index in [1.54, 1.807) is 24.3 Å². The number of hydrogen-bond donors (Lipinski definition) is 0. The number of fused-ring (bicyclic) bond motifs is 3. The molecule has 4 rings (SSSR count). The summed E-state index contributed by atoms with van der Waals surface area (Å²) in [5.41, 5.74) is 1.86. The van der Waals surface area contributed by atoms with Gasteiger partial charge in [0.15, 0.2) is 0 Å². The maximum Gasteiger partial charge on any atom is 0.218 e. The van der Waals surface area contributed by atoms with Gasteiger partial charge in [-0.3, -0.25) is 0 Å². The second-order valence-electron chi connectivity index (χ2n) is 4.25. The van der Waals surface area contributed by atoms with Gasteiger partial charge >= 0.3 is 0 Å². The van der Waals surface area contributed by atoms with Crippen LogP contribution in [0.1, 0.15) is 5.56 Å². The molecule has 6 nitrogen and oxygen atoms in total. The van der Waals surface area contributed by atoms with Crippen LogP contribution in [0.25, 0.3) is 10.9 Å². The number of methoxy groups -OCH3 is 1. The molecule has 98 valence electrons. The molecule has 0 saturated heterocycles. The zero-order valence-corrected chi connectivity index (χ0v) is 11.3. The molecule has 0 radical (unpaired) electrons. The van der Waals surface area contributed by atoms with Gasteiger partial charge < -0.3 is 4.74 Å². The number of aromatic nitrogens is 4. The highest BCUT2D eigenvalue weighted by Gasteiger charge is 2.15. The van der Waals surface area contributed by atoms with Crippen molar-refractivity contribution in [2.24, 2.45) is 5.10 Å². The summed E-state index contributed by atoms with van der Waals surface area (Å²) in [7, 11) is 1.65. The molecule has 1 aliphatic rings. The number of pyridine rings is 1. The Morgan fingerprint density at radius 1 is 1.25 bits per heavy atom. The number of rotatable bonds is 1. The highest BCUT2D eigenvalue weighted by molar-refractivity contribution is 7.99. The van der Waals surface area contributed by atoms with Gasteiger partial charge in [-0.15, -0.1) is 10.2 Å². The van der Waals surface area contributed by atoms with Gasteiger partial charge in [-0.05, 0) is 30.0 Å². The molecule has 0 spiro atoms. The predicted molar refractivity (Wildman–Crippen MR) is 75.4 cm³/mol. The van der Waals surface area contributed by atoms with Gasteiger partial charge in [0.2, 0.25) is 5.16 Å². The van der Waals surface area contributed by atoms with E-state index in [9.17, 15) is 0 Å². The molecule has 3 aromatic rings. The molecule has 0 unspecified atom stereocenters. The second kappa shape index (κ2) is 4.31. The number of ether oxygens (including phenoxy) is 1. The Morgan fingerprint density at radius 3 is 3.10 bits per heavy atom. The topological polar surface area (TPSA) is 65.2 Å². The average molecular weight is 283 g/mol. The van der Waals surface area contributed by atoms with Crippen molar-refractivity contribution in [3.8, 4) is 5.75 Å². The Labute approximate surface area is 118 Å². The van der Waals surface area contributed by atoms with E-state index in [1.807, 2.05) is 18.2 Å². The fourth-order valence-corrected chi connectivity index (χ4v) is 2.85. The van der Waals surface area contributed by atoms with Gasteiger partial charge in [0.05, 0.1) is 18.8 Å². The van der Waals surface area contributed by atoms with Crippen molar-refractivity contribution >= 4 is 28.9 Å². The highest BCUT2D eigenvalue weighted by atomic mass is 32.2. The summed E-state index contributed by atoms with van der Waals surface area (Å²) in [6.45, 7) is 0. The standard InChI is InChI=1S/C13H9N5OS/c1-19-10-3-2-8-4-9-6-15-18-7-14-17-13(18)20-12(9)16-11(8)5-10/h2-7H,1H3. The van der Waals surface area contributed by atoms with Crippen molar-refractivity contribution in [1.29, 1.82) is 0 Å². The summed E-state index contributed by atoms with van der Waals surface area (Å²) >= 11 is 1.45. The molecule has 2 aromatic heterocycles. The Kier molecular flexibility index (Phi) is 2.46. The van der Waals surface area contributed by atoms with Crippen LogP contribution < -0.4 is 4.74 Å². The molecule has 7 heteroatoms. The van der Waals surface area contributed by atoms with E-state index in [0.717, 1.165) is 27.2 Å². The maximum atomic E-state index is 5.24. The largest absolute Gasteiger partial charge is 0.497 e. The molecule has 1 aromatic carbocycles. The van der Waals surface area contributed by atoms with Crippen LogP contribution in [0.3, 0.4) is 0 Å². The zero-order chi connectivity index (χ0) is 13.5. The van der Waals surface area contributed by atoms with E-state index < -0.39 is 0 Å². The van der Waals surface area contributed by atoms with Gasteiger partial charge in [-0.25, -0.2) is 4.98 Å². The lowest BCUT2D eigenvalue weighted by Gasteiger charge is -2.05. The molecule has 20 heavy (non-hydrogen) atoms. The van der Waals surface area contributed by atoms with Crippen molar-refractivity contribution in [1.82, 2.24) is 19.9 Å². The first-order valence-corrected chi connectivity index (χ1v) is 6.76. The Bertz CT molecular complexity index is 842. The van der Waals surface area contributed by atoms with E-state index in [0.29, 0.717) is 5.16 Å². The number of hydrogen-bond acceptors (Lipinski definition) is 6. The van der Waals surface area contributed by atoms with Gasteiger partial charge in [0.25, 0.3) is 0 Å². The molecule has 0 aliphatic carbocycles. The summed E-state index contributed by atoms with van der Waals surface area (Å²) in [5.74, 6) is 0.792. The lowest BCUT2D eigenvalue weighted by molar-refractivity contribution is 0.415. The molecule has 3 heterocycles. The maximum absolute atomic E-state index is 5.24. The third-order valence-electron chi connectivity index (χ3n) is 3.03. The van der Waals surface area contributed by atoms with Crippen LogP contribution in [0.5, 0.6) is 5.75 Å². The van der Waals surface area contributed by atoms with Crippen molar-refractivity contribution in [3.63, 3.8) is 0 Å². The normalized spacial score (nSPS) is 12.8. The number of nitrogens with zero attached hydrogens (tertiary/aromatic N) is 5. The molecule has 0 atom stereocenters.